The molecule has 0 aromatic carbocycles. The average molecular weight is 176 g/mol. The summed E-state index contributed by atoms with van der Waals surface area (Å²) in [6, 6.07) is 0. The third-order valence-corrected chi connectivity index (χ3v) is 1.92. The summed E-state index contributed by atoms with van der Waals surface area (Å²) >= 11 is 0. The zero-order chi connectivity index (χ0) is 9.61. The molecule has 0 spiro atoms. The molecule has 74 valence electrons. The minimum atomic E-state index is -0.675. The van der Waals surface area contributed by atoms with Crippen molar-refractivity contribution in [2.75, 3.05) is 14.2 Å². The lowest BCUT2D eigenvalue weighted by Crippen LogP contribution is -2.31. The number of hydrogen-bond acceptors (Lipinski definition) is 3. The molecular formula is C9H20O3. The molecular weight excluding hydrogens is 156 g/mol. The predicted octanol–water partition coefficient (Wildman–Crippen LogP) is 1.55. The van der Waals surface area contributed by atoms with Gasteiger partial charge in [-0.2, -0.15) is 0 Å². The molecule has 1 unspecified atom stereocenters. The molecule has 3 nitrogen and oxygen atoms in total. The van der Waals surface area contributed by atoms with Crippen LogP contribution in [-0.4, -0.2) is 31.2 Å². The van der Waals surface area contributed by atoms with E-state index in [4.69, 9.17) is 9.47 Å². The van der Waals surface area contributed by atoms with Crippen LogP contribution in [0, 0.1) is 0 Å². The number of methoxy groups -OCH3 is 2. The summed E-state index contributed by atoms with van der Waals surface area (Å²) in [4.78, 5) is 0. The van der Waals surface area contributed by atoms with Crippen molar-refractivity contribution >= 4 is 0 Å². The first kappa shape index (κ1) is 11.9. The van der Waals surface area contributed by atoms with Gasteiger partial charge in [-0.05, 0) is 13.3 Å². The van der Waals surface area contributed by atoms with Crippen LogP contribution in [0.25, 0.3) is 0 Å². The predicted molar refractivity (Wildman–Crippen MR) is 48.0 cm³/mol. The lowest BCUT2D eigenvalue weighted by molar-refractivity contribution is -0.141. The van der Waals surface area contributed by atoms with Crippen molar-refractivity contribution < 1.29 is 14.6 Å². The van der Waals surface area contributed by atoms with E-state index in [1.807, 2.05) is 13.8 Å². The van der Waals surface area contributed by atoms with E-state index >= 15 is 0 Å². The van der Waals surface area contributed by atoms with Crippen molar-refractivity contribution in [1.29, 1.82) is 0 Å². The highest BCUT2D eigenvalue weighted by Gasteiger charge is 2.24. The average Bonchev–Trinajstić information content (AvgIpc) is 2.00. The second kappa shape index (κ2) is 5.51. The second-order valence-electron chi connectivity index (χ2n) is 3.35. The van der Waals surface area contributed by atoms with Crippen molar-refractivity contribution in [1.82, 2.24) is 0 Å². The maximum atomic E-state index is 9.79. The molecule has 0 aromatic rings. The van der Waals surface area contributed by atoms with Crippen molar-refractivity contribution in [3.8, 4) is 0 Å². The minimum absolute atomic E-state index is 0.299. The van der Waals surface area contributed by atoms with E-state index in [1.165, 1.54) is 0 Å². The van der Waals surface area contributed by atoms with Crippen LogP contribution in [0.4, 0.5) is 0 Å². The largest absolute Gasteiger partial charge is 0.390 e. The molecule has 0 saturated heterocycles. The van der Waals surface area contributed by atoms with Gasteiger partial charge in [-0.15, -0.1) is 0 Å². The maximum absolute atomic E-state index is 9.79. The van der Waals surface area contributed by atoms with Crippen molar-refractivity contribution in [3.63, 3.8) is 0 Å². The Morgan fingerprint density at radius 1 is 1.33 bits per heavy atom. The Balaban J connectivity index is 3.84. The summed E-state index contributed by atoms with van der Waals surface area (Å²) in [5.74, 6) is 0. The van der Waals surface area contributed by atoms with Crippen LogP contribution in [0.15, 0.2) is 0 Å². The molecule has 0 radical (unpaired) electrons. The molecule has 0 rings (SSSR count). The molecule has 0 fully saturated rings. The number of rotatable bonds is 6. The Bertz CT molecular complexity index is 108. The Kier molecular flexibility index (Phi) is 5.46. The molecule has 0 aliphatic heterocycles. The third-order valence-electron chi connectivity index (χ3n) is 1.92. The van der Waals surface area contributed by atoms with Gasteiger partial charge >= 0.3 is 0 Å². The molecule has 0 heterocycles. The molecule has 0 aliphatic carbocycles. The van der Waals surface area contributed by atoms with Gasteiger partial charge in [0.2, 0.25) is 0 Å². The Labute approximate surface area is 74.7 Å². The smallest absolute Gasteiger partial charge is 0.159 e. The molecule has 1 atom stereocenters. The standard InChI is InChI=1S/C9H20O3/c1-5-6-9(2,10)7-8(11-3)12-4/h8,10H,5-7H2,1-4H3. The zero-order valence-electron chi connectivity index (χ0n) is 8.46. The number of aliphatic hydroxyl groups is 1. The van der Waals surface area contributed by atoms with Gasteiger partial charge in [0, 0.05) is 20.6 Å². The highest BCUT2D eigenvalue weighted by molar-refractivity contribution is 4.73. The van der Waals surface area contributed by atoms with E-state index in [9.17, 15) is 5.11 Å². The van der Waals surface area contributed by atoms with Crippen LogP contribution in [0.2, 0.25) is 0 Å². The first-order chi connectivity index (χ1) is 5.55. The highest BCUT2D eigenvalue weighted by atomic mass is 16.7. The monoisotopic (exact) mass is 176 g/mol. The summed E-state index contributed by atoms with van der Waals surface area (Å²) in [7, 11) is 3.16. The highest BCUT2D eigenvalue weighted by Crippen LogP contribution is 2.19. The van der Waals surface area contributed by atoms with Gasteiger partial charge in [-0.1, -0.05) is 13.3 Å². The SMILES string of the molecule is CCCC(C)(O)CC(OC)OC. The van der Waals surface area contributed by atoms with E-state index in [2.05, 4.69) is 0 Å². The molecule has 1 N–H and O–H groups in total. The van der Waals surface area contributed by atoms with Crippen molar-refractivity contribution in [3.05, 3.63) is 0 Å². The Morgan fingerprint density at radius 2 is 1.83 bits per heavy atom. The lowest BCUT2D eigenvalue weighted by atomic mass is 9.96. The van der Waals surface area contributed by atoms with E-state index in [0.29, 0.717) is 6.42 Å². The first-order valence-electron chi connectivity index (χ1n) is 4.33. The number of hydrogen-bond donors (Lipinski definition) is 1. The molecule has 0 aromatic heterocycles. The van der Waals surface area contributed by atoms with Gasteiger partial charge in [-0.25, -0.2) is 0 Å². The van der Waals surface area contributed by atoms with Crippen LogP contribution < -0.4 is 0 Å². The first-order valence-corrected chi connectivity index (χ1v) is 4.33. The topological polar surface area (TPSA) is 38.7 Å². The second-order valence-corrected chi connectivity index (χ2v) is 3.35. The van der Waals surface area contributed by atoms with Crippen molar-refractivity contribution in [2.45, 2.75) is 45.0 Å². The van der Waals surface area contributed by atoms with E-state index in [1.54, 1.807) is 14.2 Å². The van der Waals surface area contributed by atoms with Crippen LogP contribution >= 0.6 is 0 Å². The van der Waals surface area contributed by atoms with Gasteiger partial charge < -0.3 is 14.6 Å². The van der Waals surface area contributed by atoms with Crippen molar-refractivity contribution in [2.24, 2.45) is 0 Å². The van der Waals surface area contributed by atoms with Crippen LogP contribution in [0.5, 0.6) is 0 Å². The van der Waals surface area contributed by atoms with Gasteiger partial charge in [-0.3, -0.25) is 0 Å². The zero-order valence-corrected chi connectivity index (χ0v) is 8.46. The summed E-state index contributed by atoms with van der Waals surface area (Å²) in [5.41, 5.74) is -0.675. The third kappa shape index (κ3) is 4.70. The lowest BCUT2D eigenvalue weighted by Gasteiger charge is -2.26. The van der Waals surface area contributed by atoms with E-state index in [-0.39, 0.29) is 6.29 Å². The van der Waals surface area contributed by atoms with Gasteiger partial charge in [0.1, 0.15) is 0 Å². The fraction of sp³-hybridized carbons (Fsp3) is 1.00. The fourth-order valence-corrected chi connectivity index (χ4v) is 1.26. The molecule has 0 saturated carbocycles. The van der Waals surface area contributed by atoms with E-state index < -0.39 is 5.60 Å². The molecule has 12 heavy (non-hydrogen) atoms. The summed E-state index contributed by atoms with van der Waals surface area (Å²) < 4.78 is 10.00. The Hall–Kier alpha value is -0.120. The van der Waals surface area contributed by atoms with E-state index in [0.717, 1.165) is 12.8 Å². The molecule has 0 amide bonds. The molecule has 0 aliphatic rings. The minimum Gasteiger partial charge on any atom is -0.390 e. The van der Waals surface area contributed by atoms with Gasteiger partial charge in [0.15, 0.2) is 6.29 Å². The molecule has 0 bridgehead atoms. The number of ether oxygens (including phenoxy) is 2. The van der Waals surface area contributed by atoms with Crippen LogP contribution in [0.1, 0.15) is 33.1 Å². The summed E-state index contributed by atoms with van der Waals surface area (Å²) in [6.45, 7) is 3.85. The summed E-state index contributed by atoms with van der Waals surface area (Å²) in [5, 5.41) is 9.79. The normalized spacial score (nSPS) is 16.5. The molecule has 3 heteroatoms. The van der Waals surface area contributed by atoms with Crippen LogP contribution in [-0.2, 0) is 9.47 Å². The van der Waals surface area contributed by atoms with Gasteiger partial charge in [0.05, 0.1) is 5.60 Å². The summed E-state index contributed by atoms with van der Waals surface area (Å²) in [6.07, 6.45) is 1.96. The quantitative estimate of drug-likeness (QED) is 0.624. The van der Waals surface area contributed by atoms with Crippen LogP contribution in [0.3, 0.4) is 0 Å². The Morgan fingerprint density at radius 3 is 2.17 bits per heavy atom. The maximum Gasteiger partial charge on any atom is 0.159 e. The van der Waals surface area contributed by atoms with Gasteiger partial charge in [0.25, 0.3) is 0 Å². The fourth-order valence-electron chi connectivity index (χ4n) is 1.26.